The first kappa shape index (κ1) is 22.3. The van der Waals surface area contributed by atoms with Crippen LogP contribution in [0.4, 0.5) is 0 Å². The first-order valence-electron chi connectivity index (χ1n) is 11.3. The molecular weight excluding hydrogens is 360 g/mol. The number of hydrogen-bond donors (Lipinski definition) is 3. The summed E-state index contributed by atoms with van der Waals surface area (Å²) in [5.41, 5.74) is 4.79. The van der Waals surface area contributed by atoms with E-state index >= 15 is 0 Å². The summed E-state index contributed by atoms with van der Waals surface area (Å²) in [6.45, 7) is 6.10. The van der Waals surface area contributed by atoms with E-state index in [1.165, 1.54) is 29.5 Å². The number of aryl methyl sites for hydroxylation is 1. The Kier molecular flexibility index (Phi) is 7.37. The van der Waals surface area contributed by atoms with Gasteiger partial charge in [0, 0.05) is 0 Å². The minimum absolute atomic E-state index is 0.414. The van der Waals surface area contributed by atoms with Crippen molar-refractivity contribution in [3.8, 4) is 0 Å². The van der Waals surface area contributed by atoms with E-state index in [1.54, 1.807) is 0 Å². The molecule has 1 aromatic carbocycles. The fourth-order valence-corrected chi connectivity index (χ4v) is 5.02. The molecule has 160 valence electrons. The van der Waals surface area contributed by atoms with Crippen molar-refractivity contribution < 1.29 is 15.3 Å². The fourth-order valence-electron chi connectivity index (χ4n) is 5.02. The lowest BCUT2D eigenvalue weighted by atomic mass is 9.71. The van der Waals surface area contributed by atoms with Gasteiger partial charge in [-0.15, -0.1) is 0 Å². The normalized spacial score (nSPS) is 29.9. The van der Waals surface area contributed by atoms with Crippen molar-refractivity contribution in [1.82, 2.24) is 0 Å². The van der Waals surface area contributed by atoms with Crippen LogP contribution in [0.1, 0.15) is 82.8 Å². The second-order valence-corrected chi connectivity index (χ2v) is 9.82. The highest BCUT2D eigenvalue weighted by atomic mass is 16.3. The molecule has 2 fully saturated rings. The van der Waals surface area contributed by atoms with E-state index in [0.29, 0.717) is 31.1 Å². The Bertz CT molecular complexity index is 729. The molecule has 0 unspecified atom stereocenters. The monoisotopic (exact) mass is 398 g/mol. The number of allylic oxidation sites excluding steroid dienone is 3. The molecule has 3 rings (SSSR count). The van der Waals surface area contributed by atoms with Crippen molar-refractivity contribution in [2.75, 3.05) is 0 Å². The van der Waals surface area contributed by atoms with Crippen LogP contribution >= 0.6 is 0 Å². The van der Waals surface area contributed by atoms with Gasteiger partial charge < -0.3 is 15.3 Å². The van der Waals surface area contributed by atoms with Gasteiger partial charge in [0.1, 0.15) is 0 Å². The second-order valence-electron chi connectivity index (χ2n) is 9.82. The van der Waals surface area contributed by atoms with E-state index in [4.69, 9.17) is 0 Å². The van der Waals surface area contributed by atoms with Gasteiger partial charge in [-0.1, -0.05) is 54.5 Å². The maximum atomic E-state index is 10.2. The molecule has 2 aliphatic carbocycles. The Labute approximate surface area is 176 Å². The van der Waals surface area contributed by atoms with Crippen LogP contribution in [0.3, 0.4) is 0 Å². The van der Waals surface area contributed by atoms with Crippen LogP contribution in [0.25, 0.3) is 0 Å². The third-order valence-corrected chi connectivity index (χ3v) is 6.70. The molecule has 4 atom stereocenters. The maximum absolute atomic E-state index is 10.2. The smallest absolute Gasteiger partial charge is 0.0602 e. The molecule has 3 nitrogen and oxygen atoms in total. The minimum atomic E-state index is -0.641. The molecule has 2 aliphatic rings. The summed E-state index contributed by atoms with van der Waals surface area (Å²) in [5.74, 6) is 0.983. The molecule has 3 N–H and O–H groups in total. The van der Waals surface area contributed by atoms with E-state index < -0.39 is 17.8 Å². The molecule has 3 heteroatoms. The lowest BCUT2D eigenvalue weighted by molar-refractivity contribution is 0.0609. The molecule has 29 heavy (non-hydrogen) atoms. The summed E-state index contributed by atoms with van der Waals surface area (Å²) < 4.78 is 0. The fraction of sp³-hybridized carbons (Fsp3) is 0.615. The highest BCUT2D eigenvalue weighted by molar-refractivity contribution is 5.35. The molecule has 0 bridgehead atoms. The van der Waals surface area contributed by atoms with Gasteiger partial charge in [0.2, 0.25) is 0 Å². The van der Waals surface area contributed by atoms with Crippen molar-refractivity contribution in [3.05, 3.63) is 58.7 Å². The van der Waals surface area contributed by atoms with Crippen LogP contribution in [-0.2, 0) is 6.42 Å². The summed E-state index contributed by atoms with van der Waals surface area (Å²) >= 11 is 0. The molecule has 0 aliphatic heterocycles. The Hall–Kier alpha value is -1.42. The number of benzene rings is 1. The molecule has 0 radical (unpaired) electrons. The van der Waals surface area contributed by atoms with Crippen LogP contribution < -0.4 is 0 Å². The zero-order chi connectivity index (χ0) is 21.0. The predicted molar refractivity (Wildman–Crippen MR) is 119 cm³/mol. The lowest BCUT2D eigenvalue weighted by Gasteiger charge is -2.33. The quantitative estimate of drug-likeness (QED) is 0.650. The molecule has 0 spiro atoms. The molecular formula is C26H38O3. The minimum Gasteiger partial charge on any atom is -0.393 e. The first-order chi connectivity index (χ1) is 13.7. The van der Waals surface area contributed by atoms with Crippen molar-refractivity contribution in [2.24, 2.45) is 5.92 Å². The zero-order valence-electron chi connectivity index (χ0n) is 18.3. The highest BCUT2D eigenvalue weighted by Crippen LogP contribution is 2.42. The van der Waals surface area contributed by atoms with Gasteiger partial charge in [0.05, 0.1) is 17.8 Å². The average Bonchev–Trinajstić information content (AvgIpc) is 2.65. The van der Waals surface area contributed by atoms with Crippen LogP contribution in [0.2, 0.25) is 0 Å². The highest BCUT2D eigenvalue weighted by Gasteiger charge is 2.28. The summed E-state index contributed by atoms with van der Waals surface area (Å²) in [5, 5.41) is 30.0. The van der Waals surface area contributed by atoms with Crippen LogP contribution in [0.5, 0.6) is 0 Å². The van der Waals surface area contributed by atoms with Crippen molar-refractivity contribution in [1.29, 1.82) is 0 Å². The standard InChI is InChI=1S/C26H38O3/c1-18-20(12-11-19-15-22(27)17-23(28)16-19)8-6-10-24(18)25-9-5-4-7-21(25)13-14-26(2,3)29/h4-5,7,9,11-12,18,22-24,27-29H,6,8,10,13-17H2,1-3H3/b20-12+/t18-,22+,23+,24-/m0/s1. The molecule has 0 aromatic heterocycles. The molecule has 2 saturated carbocycles. The molecule has 1 aromatic rings. The predicted octanol–water partition coefficient (Wildman–Crippen LogP) is 5.05. The Morgan fingerprint density at radius 2 is 1.76 bits per heavy atom. The van der Waals surface area contributed by atoms with E-state index in [1.807, 2.05) is 13.8 Å². The number of aliphatic hydroxyl groups is 3. The molecule has 0 saturated heterocycles. The average molecular weight is 399 g/mol. The number of rotatable bonds is 5. The lowest BCUT2D eigenvalue weighted by Crippen LogP contribution is -2.24. The van der Waals surface area contributed by atoms with Gasteiger partial charge >= 0.3 is 0 Å². The van der Waals surface area contributed by atoms with Crippen molar-refractivity contribution >= 4 is 0 Å². The Balaban J connectivity index is 1.77. The number of hydrogen-bond acceptors (Lipinski definition) is 3. The van der Waals surface area contributed by atoms with E-state index in [-0.39, 0.29) is 0 Å². The third-order valence-electron chi connectivity index (χ3n) is 6.70. The summed E-state index contributed by atoms with van der Waals surface area (Å²) in [6.07, 6.45) is 10.6. The summed E-state index contributed by atoms with van der Waals surface area (Å²) in [7, 11) is 0. The topological polar surface area (TPSA) is 60.7 Å². The largest absolute Gasteiger partial charge is 0.393 e. The van der Waals surface area contributed by atoms with Gasteiger partial charge in [-0.05, 0) is 88.2 Å². The van der Waals surface area contributed by atoms with E-state index in [9.17, 15) is 15.3 Å². The van der Waals surface area contributed by atoms with Crippen LogP contribution in [-0.4, -0.2) is 33.1 Å². The Morgan fingerprint density at radius 1 is 1.07 bits per heavy atom. The van der Waals surface area contributed by atoms with Crippen LogP contribution in [0, 0.1) is 5.92 Å². The van der Waals surface area contributed by atoms with Gasteiger partial charge in [0.25, 0.3) is 0 Å². The van der Waals surface area contributed by atoms with Crippen molar-refractivity contribution in [3.63, 3.8) is 0 Å². The number of aliphatic hydroxyl groups excluding tert-OH is 2. The van der Waals surface area contributed by atoms with Crippen molar-refractivity contribution in [2.45, 2.75) is 95.9 Å². The molecule has 0 amide bonds. The van der Waals surface area contributed by atoms with Crippen LogP contribution in [0.15, 0.2) is 47.6 Å². The van der Waals surface area contributed by atoms with Gasteiger partial charge in [-0.3, -0.25) is 0 Å². The second kappa shape index (κ2) is 9.59. The SMILES string of the molecule is C[C@H]1/C(=C/C=C2C[C@@H](O)C[C@H](O)C2)CCC[C@@H]1c1ccccc1CCC(C)(C)O. The molecule has 0 heterocycles. The van der Waals surface area contributed by atoms with E-state index in [2.05, 4.69) is 43.3 Å². The zero-order valence-corrected chi connectivity index (χ0v) is 18.3. The van der Waals surface area contributed by atoms with Gasteiger partial charge in [-0.25, -0.2) is 0 Å². The van der Waals surface area contributed by atoms with E-state index in [0.717, 1.165) is 24.8 Å². The first-order valence-corrected chi connectivity index (χ1v) is 11.3. The van der Waals surface area contributed by atoms with Gasteiger partial charge in [-0.2, -0.15) is 0 Å². The summed E-state index contributed by atoms with van der Waals surface area (Å²) in [6, 6.07) is 8.74. The summed E-state index contributed by atoms with van der Waals surface area (Å²) in [4.78, 5) is 0. The Morgan fingerprint density at radius 3 is 2.45 bits per heavy atom. The maximum Gasteiger partial charge on any atom is 0.0602 e. The third kappa shape index (κ3) is 6.28. The van der Waals surface area contributed by atoms with Gasteiger partial charge in [0.15, 0.2) is 0 Å².